The standard InChI is InChI=1S/C50H37NO2/c1-34-13-3-5-19-45(34)37-15-11-17-41(29-37)52-43-31-39(32-44(33-43)53-42-18-12-16-38(30-42)46-20-6-4-14-35(46)2)36-25-27-40(28-26-36)51-49-23-9-7-21-47(49)48-22-8-10-24-50(48)51/h3-33H,1-2H3. The van der Waals surface area contributed by atoms with Gasteiger partial charge in [-0.15, -0.1) is 0 Å². The Morgan fingerprint density at radius 2 is 0.792 bits per heavy atom. The van der Waals surface area contributed by atoms with Gasteiger partial charge in [-0.25, -0.2) is 0 Å². The Morgan fingerprint density at radius 3 is 1.30 bits per heavy atom. The first kappa shape index (κ1) is 32.1. The van der Waals surface area contributed by atoms with Gasteiger partial charge in [0, 0.05) is 22.5 Å². The van der Waals surface area contributed by atoms with E-state index in [1.807, 2.05) is 30.3 Å². The molecule has 0 radical (unpaired) electrons. The lowest BCUT2D eigenvalue weighted by Gasteiger charge is -2.15. The van der Waals surface area contributed by atoms with E-state index in [4.69, 9.17) is 9.47 Å². The van der Waals surface area contributed by atoms with Crippen LogP contribution in [0.25, 0.3) is 60.9 Å². The monoisotopic (exact) mass is 683 g/mol. The highest BCUT2D eigenvalue weighted by molar-refractivity contribution is 6.09. The summed E-state index contributed by atoms with van der Waals surface area (Å²) in [4.78, 5) is 0. The Balaban J connectivity index is 1.10. The van der Waals surface area contributed by atoms with Gasteiger partial charge in [-0.05, 0) is 119 Å². The molecule has 0 aliphatic carbocycles. The highest BCUT2D eigenvalue weighted by Crippen LogP contribution is 2.38. The van der Waals surface area contributed by atoms with Crippen molar-refractivity contribution >= 4 is 21.8 Å². The fourth-order valence-corrected chi connectivity index (χ4v) is 7.38. The molecule has 0 atom stereocenters. The molecule has 0 spiro atoms. The van der Waals surface area contributed by atoms with Crippen LogP contribution in [0.3, 0.4) is 0 Å². The Morgan fingerprint density at radius 1 is 0.340 bits per heavy atom. The molecule has 0 N–H and O–H groups in total. The van der Waals surface area contributed by atoms with Crippen LogP contribution >= 0.6 is 0 Å². The maximum absolute atomic E-state index is 6.62. The number of para-hydroxylation sites is 2. The molecule has 1 aromatic heterocycles. The second-order valence-electron chi connectivity index (χ2n) is 13.5. The molecular weight excluding hydrogens is 647 g/mol. The first-order valence-electron chi connectivity index (χ1n) is 18.0. The van der Waals surface area contributed by atoms with Gasteiger partial charge < -0.3 is 14.0 Å². The van der Waals surface area contributed by atoms with E-state index in [-0.39, 0.29) is 0 Å². The van der Waals surface area contributed by atoms with Gasteiger partial charge in [0.05, 0.1) is 11.0 Å². The summed E-state index contributed by atoms with van der Waals surface area (Å²) in [6, 6.07) is 65.5. The summed E-state index contributed by atoms with van der Waals surface area (Å²) in [6.45, 7) is 4.27. The van der Waals surface area contributed by atoms with Gasteiger partial charge in [0.15, 0.2) is 0 Å². The van der Waals surface area contributed by atoms with E-state index in [0.717, 1.165) is 39.4 Å². The number of hydrogen-bond acceptors (Lipinski definition) is 2. The van der Waals surface area contributed by atoms with E-state index in [1.54, 1.807) is 0 Å². The molecule has 0 amide bonds. The highest BCUT2D eigenvalue weighted by Gasteiger charge is 2.14. The second kappa shape index (κ2) is 13.7. The van der Waals surface area contributed by atoms with Crippen molar-refractivity contribution in [3.8, 4) is 62.1 Å². The normalized spacial score (nSPS) is 11.2. The van der Waals surface area contributed by atoms with Gasteiger partial charge in [0.1, 0.15) is 23.0 Å². The zero-order valence-electron chi connectivity index (χ0n) is 29.7. The largest absolute Gasteiger partial charge is 0.457 e. The SMILES string of the molecule is Cc1ccccc1-c1cccc(Oc2cc(Oc3cccc(-c4ccccc4C)c3)cc(-c3ccc(-n4c5ccccc5c5ccccc54)cc3)c2)c1. The van der Waals surface area contributed by atoms with Crippen molar-refractivity contribution in [2.45, 2.75) is 13.8 Å². The Kier molecular flexibility index (Phi) is 8.30. The van der Waals surface area contributed by atoms with E-state index in [0.29, 0.717) is 11.5 Å². The number of aromatic nitrogens is 1. The van der Waals surface area contributed by atoms with E-state index in [2.05, 4.69) is 176 Å². The van der Waals surface area contributed by atoms with E-state index >= 15 is 0 Å². The summed E-state index contributed by atoms with van der Waals surface area (Å²) in [5.41, 5.74) is 12.6. The number of hydrogen-bond donors (Lipinski definition) is 0. The second-order valence-corrected chi connectivity index (χ2v) is 13.5. The third-order valence-electron chi connectivity index (χ3n) is 9.97. The average Bonchev–Trinajstić information content (AvgIpc) is 3.53. The van der Waals surface area contributed by atoms with Gasteiger partial charge >= 0.3 is 0 Å². The smallest absolute Gasteiger partial charge is 0.131 e. The number of fused-ring (bicyclic) bond motifs is 3. The van der Waals surface area contributed by atoms with Crippen molar-refractivity contribution in [2.75, 3.05) is 0 Å². The zero-order valence-corrected chi connectivity index (χ0v) is 29.7. The number of nitrogens with zero attached hydrogens (tertiary/aromatic N) is 1. The Bertz CT molecular complexity index is 2590. The molecule has 0 fully saturated rings. The van der Waals surface area contributed by atoms with Crippen molar-refractivity contribution in [1.82, 2.24) is 4.57 Å². The molecule has 9 rings (SSSR count). The Labute approximate surface area is 310 Å². The van der Waals surface area contributed by atoms with Gasteiger partial charge in [-0.2, -0.15) is 0 Å². The zero-order chi connectivity index (χ0) is 35.7. The predicted octanol–water partition coefficient (Wildman–Crippen LogP) is 14.0. The van der Waals surface area contributed by atoms with Gasteiger partial charge in [0.25, 0.3) is 0 Å². The summed E-state index contributed by atoms with van der Waals surface area (Å²) >= 11 is 0. The molecule has 9 aromatic rings. The molecule has 8 aromatic carbocycles. The van der Waals surface area contributed by atoms with Crippen molar-refractivity contribution in [2.24, 2.45) is 0 Å². The molecular formula is C50H37NO2. The quantitative estimate of drug-likeness (QED) is 0.159. The van der Waals surface area contributed by atoms with E-state index < -0.39 is 0 Å². The minimum atomic E-state index is 0.695. The molecule has 254 valence electrons. The minimum absolute atomic E-state index is 0.695. The van der Waals surface area contributed by atoms with Crippen LogP contribution in [0.2, 0.25) is 0 Å². The predicted molar refractivity (Wildman–Crippen MR) is 220 cm³/mol. The molecule has 0 unspecified atom stereocenters. The van der Waals surface area contributed by atoms with Crippen LogP contribution in [-0.4, -0.2) is 4.57 Å². The maximum atomic E-state index is 6.62. The molecule has 0 aliphatic heterocycles. The van der Waals surface area contributed by atoms with Crippen LogP contribution in [0.1, 0.15) is 11.1 Å². The molecule has 3 nitrogen and oxygen atoms in total. The fraction of sp³-hybridized carbons (Fsp3) is 0.0400. The first-order valence-corrected chi connectivity index (χ1v) is 18.0. The fourth-order valence-electron chi connectivity index (χ4n) is 7.38. The van der Waals surface area contributed by atoms with Crippen LogP contribution in [0.4, 0.5) is 0 Å². The molecule has 1 heterocycles. The molecule has 53 heavy (non-hydrogen) atoms. The van der Waals surface area contributed by atoms with Crippen LogP contribution in [0, 0.1) is 13.8 Å². The summed E-state index contributed by atoms with van der Waals surface area (Å²) in [5, 5.41) is 2.49. The van der Waals surface area contributed by atoms with Crippen molar-refractivity contribution in [3.05, 3.63) is 199 Å². The number of ether oxygens (including phenoxy) is 2. The minimum Gasteiger partial charge on any atom is -0.457 e. The Hall–Kier alpha value is -6.84. The van der Waals surface area contributed by atoms with Crippen LogP contribution in [0.15, 0.2) is 188 Å². The first-order chi connectivity index (χ1) is 26.1. The van der Waals surface area contributed by atoms with E-state index in [1.165, 1.54) is 44.1 Å². The maximum Gasteiger partial charge on any atom is 0.131 e. The topological polar surface area (TPSA) is 23.4 Å². The summed E-state index contributed by atoms with van der Waals surface area (Å²) < 4.78 is 15.6. The summed E-state index contributed by atoms with van der Waals surface area (Å²) in [7, 11) is 0. The van der Waals surface area contributed by atoms with Crippen LogP contribution < -0.4 is 9.47 Å². The van der Waals surface area contributed by atoms with E-state index in [9.17, 15) is 0 Å². The summed E-state index contributed by atoms with van der Waals surface area (Å²) in [5.74, 6) is 2.91. The van der Waals surface area contributed by atoms with Gasteiger partial charge in [-0.1, -0.05) is 121 Å². The molecule has 0 aliphatic rings. The lowest BCUT2D eigenvalue weighted by atomic mass is 10.0. The molecule has 0 saturated heterocycles. The third-order valence-corrected chi connectivity index (χ3v) is 9.97. The van der Waals surface area contributed by atoms with Crippen LogP contribution in [-0.2, 0) is 0 Å². The lowest BCUT2D eigenvalue weighted by molar-refractivity contribution is 0.461. The van der Waals surface area contributed by atoms with Crippen molar-refractivity contribution in [3.63, 3.8) is 0 Å². The number of aryl methyl sites for hydroxylation is 2. The van der Waals surface area contributed by atoms with Gasteiger partial charge in [0.2, 0.25) is 0 Å². The summed E-state index contributed by atoms with van der Waals surface area (Å²) in [6.07, 6.45) is 0. The highest BCUT2D eigenvalue weighted by atomic mass is 16.5. The number of benzene rings is 8. The molecule has 0 saturated carbocycles. The molecule has 3 heteroatoms. The van der Waals surface area contributed by atoms with Crippen molar-refractivity contribution < 1.29 is 9.47 Å². The van der Waals surface area contributed by atoms with Gasteiger partial charge in [-0.3, -0.25) is 0 Å². The van der Waals surface area contributed by atoms with Crippen LogP contribution in [0.5, 0.6) is 23.0 Å². The molecule has 0 bridgehead atoms. The number of rotatable bonds is 8. The third kappa shape index (κ3) is 6.34. The van der Waals surface area contributed by atoms with Crippen molar-refractivity contribution in [1.29, 1.82) is 0 Å². The lowest BCUT2D eigenvalue weighted by Crippen LogP contribution is -1.94. The average molecular weight is 684 g/mol.